The summed E-state index contributed by atoms with van der Waals surface area (Å²) in [6.45, 7) is 2.46. The molecule has 1 aromatic heterocycles. The summed E-state index contributed by atoms with van der Waals surface area (Å²) in [6.07, 6.45) is 0. The Balaban J connectivity index is 1.84. The van der Waals surface area contributed by atoms with Crippen LogP contribution < -0.4 is 10.1 Å². The first kappa shape index (κ1) is 15.9. The maximum Gasteiger partial charge on any atom is 0.260 e. The molecule has 2 aromatic carbocycles. The first-order chi connectivity index (χ1) is 11.6. The van der Waals surface area contributed by atoms with Crippen LogP contribution in [0.2, 0.25) is 0 Å². The number of carbonyl (C=O) groups excluding carboxylic acids is 1. The number of ether oxygens (including phenoxy) is 1. The van der Waals surface area contributed by atoms with Gasteiger partial charge in [-0.3, -0.25) is 10.1 Å². The molecule has 7 heteroatoms. The Morgan fingerprint density at radius 1 is 1.38 bits per heavy atom. The smallest absolute Gasteiger partial charge is 0.260 e. The van der Waals surface area contributed by atoms with Crippen molar-refractivity contribution in [1.82, 2.24) is 4.98 Å². The van der Waals surface area contributed by atoms with Crippen molar-refractivity contribution < 1.29 is 13.9 Å². The molecule has 24 heavy (non-hydrogen) atoms. The Bertz CT molecular complexity index is 962. The summed E-state index contributed by atoms with van der Waals surface area (Å²) in [4.78, 5) is 16.5. The molecule has 0 aliphatic carbocycles. The third kappa shape index (κ3) is 3.19. The Morgan fingerprint density at radius 3 is 2.92 bits per heavy atom. The van der Waals surface area contributed by atoms with E-state index in [0.717, 1.165) is 22.0 Å². The second kappa shape index (κ2) is 6.64. The molecule has 0 aliphatic rings. The fraction of sp³-hybridized carbons (Fsp3) is 0.118. The lowest BCUT2D eigenvalue weighted by molar-refractivity contribution is 0.102. The number of hydrogen-bond donors (Lipinski definition) is 1. The molecule has 0 bridgehead atoms. The van der Waals surface area contributed by atoms with Crippen molar-refractivity contribution in [3.8, 4) is 11.8 Å². The zero-order chi connectivity index (χ0) is 17.1. The van der Waals surface area contributed by atoms with Gasteiger partial charge in [-0.2, -0.15) is 5.26 Å². The van der Waals surface area contributed by atoms with Crippen LogP contribution in [-0.2, 0) is 0 Å². The molecule has 1 heterocycles. The van der Waals surface area contributed by atoms with E-state index in [-0.39, 0.29) is 11.1 Å². The lowest BCUT2D eigenvalue weighted by atomic mass is 10.1. The normalized spacial score (nSPS) is 10.4. The molecule has 0 radical (unpaired) electrons. The first-order valence-electron chi connectivity index (χ1n) is 7.15. The minimum Gasteiger partial charge on any atom is -0.494 e. The summed E-state index contributed by atoms with van der Waals surface area (Å²) >= 11 is 1.28. The monoisotopic (exact) mass is 341 g/mol. The number of anilines is 1. The summed E-state index contributed by atoms with van der Waals surface area (Å²) < 4.78 is 20.2. The second-order valence-electron chi connectivity index (χ2n) is 4.84. The van der Waals surface area contributed by atoms with Crippen molar-refractivity contribution in [3.63, 3.8) is 0 Å². The average Bonchev–Trinajstić information content (AvgIpc) is 2.96. The number of amides is 1. The van der Waals surface area contributed by atoms with Gasteiger partial charge >= 0.3 is 0 Å². The number of carbonyl (C=O) groups is 1. The fourth-order valence-corrected chi connectivity index (χ4v) is 3.04. The highest BCUT2D eigenvalue weighted by Gasteiger charge is 2.15. The summed E-state index contributed by atoms with van der Waals surface area (Å²) in [6, 6.07) is 11.0. The predicted molar refractivity (Wildman–Crippen MR) is 89.9 cm³/mol. The zero-order valence-electron chi connectivity index (χ0n) is 12.7. The van der Waals surface area contributed by atoms with E-state index in [1.165, 1.54) is 23.5 Å². The standard InChI is InChI=1S/C17H12FN3O2S/c1-2-23-11-4-6-14-15(8-11)24-17(20-14)21-16(22)12-5-3-10(9-19)7-13(12)18/h3-8H,2H2,1H3,(H,20,21,22). The van der Waals surface area contributed by atoms with E-state index in [9.17, 15) is 9.18 Å². The van der Waals surface area contributed by atoms with E-state index in [4.69, 9.17) is 10.00 Å². The van der Waals surface area contributed by atoms with Gasteiger partial charge in [0, 0.05) is 0 Å². The minimum atomic E-state index is -0.744. The van der Waals surface area contributed by atoms with E-state index < -0.39 is 11.7 Å². The predicted octanol–water partition coefficient (Wildman–Crippen LogP) is 3.96. The van der Waals surface area contributed by atoms with Gasteiger partial charge in [-0.05, 0) is 43.3 Å². The average molecular weight is 341 g/mol. The van der Waals surface area contributed by atoms with Crippen molar-refractivity contribution in [2.75, 3.05) is 11.9 Å². The van der Waals surface area contributed by atoms with Crippen LogP contribution >= 0.6 is 11.3 Å². The summed E-state index contributed by atoms with van der Waals surface area (Å²) in [7, 11) is 0. The van der Waals surface area contributed by atoms with E-state index in [1.54, 1.807) is 12.1 Å². The summed E-state index contributed by atoms with van der Waals surface area (Å²) in [5, 5.41) is 11.7. The van der Waals surface area contributed by atoms with Gasteiger partial charge in [-0.1, -0.05) is 11.3 Å². The van der Waals surface area contributed by atoms with Crippen LogP contribution in [0.15, 0.2) is 36.4 Å². The van der Waals surface area contributed by atoms with Crippen LogP contribution in [0.3, 0.4) is 0 Å². The van der Waals surface area contributed by atoms with Gasteiger partial charge in [0.1, 0.15) is 11.6 Å². The molecule has 0 fully saturated rings. The Labute approximate surface area is 141 Å². The van der Waals surface area contributed by atoms with Crippen molar-refractivity contribution in [1.29, 1.82) is 5.26 Å². The number of aromatic nitrogens is 1. The molecule has 0 atom stereocenters. The number of halogens is 1. The van der Waals surface area contributed by atoms with Gasteiger partial charge in [-0.15, -0.1) is 0 Å². The van der Waals surface area contributed by atoms with Crippen LogP contribution in [0.5, 0.6) is 5.75 Å². The van der Waals surface area contributed by atoms with E-state index in [0.29, 0.717) is 11.7 Å². The largest absolute Gasteiger partial charge is 0.494 e. The highest BCUT2D eigenvalue weighted by molar-refractivity contribution is 7.22. The molecule has 0 spiro atoms. The van der Waals surface area contributed by atoms with Gasteiger partial charge in [-0.25, -0.2) is 9.37 Å². The molecule has 120 valence electrons. The number of hydrogen-bond acceptors (Lipinski definition) is 5. The number of nitriles is 1. The van der Waals surface area contributed by atoms with Crippen molar-refractivity contribution in [3.05, 3.63) is 53.3 Å². The third-order valence-corrected chi connectivity index (χ3v) is 4.17. The summed E-state index contributed by atoms with van der Waals surface area (Å²) in [5.74, 6) is -0.628. The number of nitrogens with one attached hydrogen (secondary N) is 1. The molecule has 0 unspecified atom stereocenters. The summed E-state index contributed by atoms with van der Waals surface area (Å²) in [5.41, 5.74) is 0.745. The molecular weight excluding hydrogens is 329 g/mol. The molecular formula is C17H12FN3O2S. The maximum absolute atomic E-state index is 13.9. The highest BCUT2D eigenvalue weighted by Crippen LogP contribution is 2.29. The third-order valence-electron chi connectivity index (χ3n) is 3.23. The molecule has 1 N–H and O–H groups in total. The van der Waals surface area contributed by atoms with Crippen molar-refractivity contribution >= 4 is 32.6 Å². The van der Waals surface area contributed by atoms with Crippen LogP contribution in [-0.4, -0.2) is 17.5 Å². The SMILES string of the molecule is CCOc1ccc2nc(NC(=O)c3ccc(C#N)cc3F)sc2c1. The van der Waals surface area contributed by atoms with Gasteiger partial charge in [0.2, 0.25) is 0 Å². The lowest BCUT2D eigenvalue weighted by Crippen LogP contribution is -2.13. The molecule has 0 aliphatic heterocycles. The van der Waals surface area contributed by atoms with Gasteiger partial charge in [0.05, 0.1) is 34.0 Å². The highest BCUT2D eigenvalue weighted by atomic mass is 32.1. The van der Waals surface area contributed by atoms with Gasteiger partial charge in [0.25, 0.3) is 5.91 Å². The number of nitrogens with zero attached hydrogens (tertiary/aromatic N) is 2. The van der Waals surface area contributed by atoms with E-state index >= 15 is 0 Å². The lowest BCUT2D eigenvalue weighted by Gasteiger charge is -2.03. The first-order valence-corrected chi connectivity index (χ1v) is 7.96. The number of thiazole rings is 1. The van der Waals surface area contributed by atoms with Gasteiger partial charge < -0.3 is 4.74 Å². The topological polar surface area (TPSA) is 75.0 Å². The fourth-order valence-electron chi connectivity index (χ4n) is 2.15. The Morgan fingerprint density at radius 2 is 2.21 bits per heavy atom. The van der Waals surface area contributed by atoms with E-state index in [1.807, 2.05) is 19.1 Å². The van der Waals surface area contributed by atoms with Gasteiger partial charge in [0.15, 0.2) is 5.13 Å². The van der Waals surface area contributed by atoms with Crippen molar-refractivity contribution in [2.45, 2.75) is 6.92 Å². The van der Waals surface area contributed by atoms with Crippen LogP contribution in [0, 0.1) is 17.1 Å². The Kier molecular flexibility index (Phi) is 4.40. The van der Waals surface area contributed by atoms with E-state index in [2.05, 4.69) is 10.3 Å². The molecule has 3 aromatic rings. The molecule has 1 amide bonds. The molecule has 3 rings (SSSR count). The zero-order valence-corrected chi connectivity index (χ0v) is 13.5. The number of rotatable bonds is 4. The molecule has 0 saturated heterocycles. The maximum atomic E-state index is 13.9. The molecule has 5 nitrogen and oxygen atoms in total. The minimum absolute atomic E-state index is 0.136. The van der Waals surface area contributed by atoms with Crippen LogP contribution in [0.1, 0.15) is 22.8 Å². The Hall–Kier alpha value is -2.98. The second-order valence-corrected chi connectivity index (χ2v) is 5.87. The number of fused-ring (bicyclic) bond motifs is 1. The van der Waals surface area contributed by atoms with Crippen LogP contribution in [0.4, 0.5) is 9.52 Å². The molecule has 0 saturated carbocycles. The number of benzene rings is 2. The van der Waals surface area contributed by atoms with Crippen molar-refractivity contribution in [2.24, 2.45) is 0 Å². The van der Waals surface area contributed by atoms with Crippen LogP contribution in [0.25, 0.3) is 10.2 Å². The quantitative estimate of drug-likeness (QED) is 0.779.